The van der Waals surface area contributed by atoms with Crippen molar-refractivity contribution in [3.63, 3.8) is 0 Å². The van der Waals surface area contributed by atoms with E-state index < -0.39 is 0 Å². The summed E-state index contributed by atoms with van der Waals surface area (Å²) in [6, 6.07) is 0.553. The summed E-state index contributed by atoms with van der Waals surface area (Å²) < 4.78 is 5.18. The van der Waals surface area contributed by atoms with Gasteiger partial charge >= 0.3 is 5.97 Å². The van der Waals surface area contributed by atoms with Crippen molar-refractivity contribution in [2.75, 3.05) is 47.4 Å². The molecule has 1 saturated heterocycles. The molecule has 0 aromatic carbocycles. The van der Waals surface area contributed by atoms with E-state index in [1.54, 1.807) is 0 Å². The van der Waals surface area contributed by atoms with Gasteiger partial charge in [0.1, 0.15) is 0 Å². The van der Waals surface area contributed by atoms with E-state index >= 15 is 0 Å². The van der Waals surface area contributed by atoms with Crippen molar-refractivity contribution in [3.05, 3.63) is 0 Å². The molecule has 1 heterocycles. The topological polar surface area (TPSA) is 57.2 Å². The number of nitrogens with zero attached hydrogens (tertiary/aromatic N) is 3. The quantitative estimate of drug-likeness (QED) is 0.452. The average molecular weight is 324 g/mol. The molecular weight excluding hydrogens is 292 g/mol. The van der Waals surface area contributed by atoms with Gasteiger partial charge in [-0.05, 0) is 52.6 Å². The Kier molecular flexibility index (Phi) is 6.69. The molecular formula is C17H32N4O2. The molecule has 1 aliphatic carbocycles. The maximum atomic E-state index is 12.0. The van der Waals surface area contributed by atoms with Crippen LogP contribution in [-0.4, -0.2) is 75.2 Å². The standard InChI is InChI=1S/C17H32N4O2/c1-5-23-16(22)14-7-6-10-21(12-14)17(18-2)19-11-15(20(3)4)13-8-9-13/h13-15H,5-12H2,1-4H3,(H,18,19). The average Bonchev–Trinajstić information content (AvgIpc) is 3.36. The molecule has 0 aromatic heterocycles. The van der Waals surface area contributed by atoms with Crippen molar-refractivity contribution in [1.29, 1.82) is 0 Å². The van der Waals surface area contributed by atoms with E-state index in [9.17, 15) is 4.79 Å². The Labute approximate surface area is 140 Å². The van der Waals surface area contributed by atoms with Gasteiger partial charge < -0.3 is 19.9 Å². The molecule has 1 aliphatic heterocycles. The molecule has 0 radical (unpaired) electrons. The fourth-order valence-corrected chi connectivity index (χ4v) is 3.40. The predicted molar refractivity (Wildman–Crippen MR) is 92.5 cm³/mol. The molecule has 2 atom stereocenters. The third-order valence-electron chi connectivity index (χ3n) is 4.85. The highest BCUT2D eigenvalue weighted by molar-refractivity contribution is 5.81. The Bertz CT molecular complexity index is 419. The van der Waals surface area contributed by atoms with Gasteiger partial charge in [-0.1, -0.05) is 0 Å². The number of esters is 1. The van der Waals surface area contributed by atoms with Crippen LogP contribution in [0.5, 0.6) is 0 Å². The minimum Gasteiger partial charge on any atom is -0.466 e. The van der Waals surface area contributed by atoms with Gasteiger partial charge in [0.2, 0.25) is 0 Å². The number of piperidine rings is 1. The van der Waals surface area contributed by atoms with Crippen molar-refractivity contribution in [3.8, 4) is 0 Å². The number of nitrogens with one attached hydrogen (secondary N) is 1. The van der Waals surface area contributed by atoms with Crippen LogP contribution in [0.15, 0.2) is 4.99 Å². The summed E-state index contributed by atoms with van der Waals surface area (Å²) in [6.07, 6.45) is 4.58. The lowest BCUT2D eigenvalue weighted by Gasteiger charge is -2.35. The van der Waals surface area contributed by atoms with E-state index in [-0.39, 0.29) is 11.9 Å². The molecule has 2 rings (SSSR count). The van der Waals surface area contributed by atoms with Crippen molar-refractivity contribution in [2.24, 2.45) is 16.8 Å². The summed E-state index contributed by atoms with van der Waals surface area (Å²) in [4.78, 5) is 20.9. The Balaban J connectivity index is 1.88. The summed E-state index contributed by atoms with van der Waals surface area (Å²) in [6.45, 7) is 4.87. The molecule has 6 nitrogen and oxygen atoms in total. The fraction of sp³-hybridized carbons (Fsp3) is 0.882. The molecule has 0 spiro atoms. The second kappa shape index (κ2) is 8.52. The zero-order valence-corrected chi connectivity index (χ0v) is 15.0. The number of guanidine groups is 1. The summed E-state index contributed by atoms with van der Waals surface area (Å²) in [5.41, 5.74) is 0. The third-order valence-corrected chi connectivity index (χ3v) is 4.85. The summed E-state index contributed by atoms with van der Waals surface area (Å²) in [5, 5.41) is 3.52. The van der Waals surface area contributed by atoms with Gasteiger partial charge in [0.25, 0.3) is 0 Å². The van der Waals surface area contributed by atoms with Gasteiger partial charge in [-0.3, -0.25) is 9.79 Å². The van der Waals surface area contributed by atoms with Gasteiger partial charge in [0.15, 0.2) is 5.96 Å². The molecule has 6 heteroatoms. The molecule has 0 aromatic rings. The predicted octanol–water partition coefficient (Wildman–Crippen LogP) is 1.18. The Hall–Kier alpha value is -1.30. The maximum absolute atomic E-state index is 12.0. The lowest BCUT2D eigenvalue weighted by molar-refractivity contribution is -0.149. The van der Waals surface area contributed by atoms with Gasteiger partial charge in [0.05, 0.1) is 12.5 Å². The number of carbonyl (C=O) groups is 1. The Morgan fingerprint density at radius 3 is 2.70 bits per heavy atom. The normalized spacial score (nSPS) is 23.8. The number of hydrogen-bond acceptors (Lipinski definition) is 4. The maximum Gasteiger partial charge on any atom is 0.310 e. The highest BCUT2D eigenvalue weighted by atomic mass is 16.5. The van der Waals surface area contributed by atoms with Crippen molar-refractivity contribution in [1.82, 2.24) is 15.1 Å². The molecule has 2 aliphatic rings. The number of likely N-dealkylation sites (tertiary alicyclic amines) is 1. The zero-order chi connectivity index (χ0) is 16.8. The molecule has 2 fully saturated rings. The largest absolute Gasteiger partial charge is 0.466 e. The van der Waals surface area contributed by atoms with E-state index in [2.05, 4.69) is 34.2 Å². The third kappa shape index (κ3) is 5.09. The minimum atomic E-state index is -0.0724. The number of ether oxygens (including phenoxy) is 1. The summed E-state index contributed by atoms with van der Waals surface area (Å²) in [5.74, 6) is 1.61. The molecule has 1 saturated carbocycles. The lowest BCUT2D eigenvalue weighted by Crippen LogP contribution is -2.51. The number of carbonyl (C=O) groups excluding carboxylic acids is 1. The zero-order valence-electron chi connectivity index (χ0n) is 15.0. The van der Waals surface area contributed by atoms with E-state index in [0.29, 0.717) is 19.2 Å². The number of rotatable bonds is 6. The molecule has 0 bridgehead atoms. The second-order valence-electron chi connectivity index (χ2n) is 6.83. The second-order valence-corrected chi connectivity index (χ2v) is 6.83. The smallest absolute Gasteiger partial charge is 0.310 e. The van der Waals surface area contributed by atoms with Crippen LogP contribution in [0.25, 0.3) is 0 Å². The van der Waals surface area contributed by atoms with Crippen LogP contribution in [0.1, 0.15) is 32.6 Å². The Morgan fingerprint density at radius 2 is 2.13 bits per heavy atom. The lowest BCUT2D eigenvalue weighted by atomic mass is 9.98. The van der Waals surface area contributed by atoms with Crippen LogP contribution >= 0.6 is 0 Å². The van der Waals surface area contributed by atoms with Gasteiger partial charge in [-0.15, -0.1) is 0 Å². The van der Waals surface area contributed by atoms with Crippen LogP contribution in [0.2, 0.25) is 0 Å². The first-order valence-corrected chi connectivity index (χ1v) is 8.85. The van der Waals surface area contributed by atoms with E-state index in [4.69, 9.17) is 4.74 Å². The SMILES string of the molecule is CCOC(=O)C1CCCN(C(=NC)NCC(C2CC2)N(C)C)C1. The van der Waals surface area contributed by atoms with Crippen LogP contribution < -0.4 is 5.32 Å². The van der Waals surface area contributed by atoms with Crippen molar-refractivity contribution in [2.45, 2.75) is 38.6 Å². The van der Waals surface area contributed by atoms with E-state index in [0.717, 1.165) is 37.8 Å². The minimum absolute atomic E-state index is 0.0321. The molecule has 2 unspecified atom stereocenters. The Morgan fingerprint density at radius 1 is 1.39 bits per heavy atom. The van der Waals surface area contributed by atoms with Gasteiger partial charge in [-0.25, -0.2) is 0 Å². The molecule has 0 amide bonds. The van der Waals surface area contributed by atoms with Crippen LogP contribution in [0.3, 0.4) is 0 Å². The van der Waals surface area contributed by atoms with Crippen LogP contribution in [0.4, 0.5) is 0 Å². The summed E-state index contributed by atoms with van der Waals surface area (Å²) in [7, 11) is 6.11. The fourth-order valence-electron chi connectivity index (χ4n) is 3.40. The molecule has 23 heavy (non-hydrogen) atoms. The van der Waals surface area contributed by atoms with E-state index in [1.807, 2.05) is 14.0 Å². The van der Waals surface area contributed by atoms with Crippen LogP contribution in [-0.2, 0) is 9.53 Å². The van der Waals surface area contributed by atoms with Gasteiger partial charge in [-0.2, -0.15) is 0 Å². The first-order chi connectivity index (χ1) is 11.1. The van der Waals surface area contributed by atoms with Crippen molar-refractivity contribution < 1.29 is 9.53 Å². The van der Waals surface area contributed by atoms with Crippen molar-refractivity contribution >= 4 is 11.9 Å². The summed E-state index contributed by atoms with van der Waals surface area (Å²) >= 11 is 0. The first-order valence-electron chi connectivity index (χ1n) is 8.85. The number of likely N-dealkylation sites (N-methyl/N-ethyl adjacent to an activating group) is 1. The van der Waals surface area contributed by atoms with E-state index in [1.165, 1.54) is 12.8 Å². The highest BCUT2D eigenvalue weighted by Crippen LogP contribution is 2.34. The molecule has 132 valence electrons. The number of aliphatic imine (C=N–C) groups is 1. The molecule has 1 N–H and O–H groups in total. The van der Waals surface area contributed by atoms with Gasteiger partial charge in [0, 0.05) is 32.7 Å². The monoisotopic (exact) mass is 324 g/mol. The van der Waals surface area contributed by atoms with Crippen LogP contribution in [0, 0.1) is 11.8 Å². The number of hydrogen-bond donors (Lipinski definition) is 1. The highest BCUT2D eigenvalue weighted by Gasteiger charge is 2.33. The first kappa shape index (κ1) is 18.0.